The van der Waals surface area contributed by atoms with Gasteiger partial charge in [-0.1, -0.05) is 0 Å². The van der Waals surface area contributed by atoms with E-state index in [0.29, 0.717) is 0 Å². The number of hydrogen-bond acceptors (Lipinski definition) is 5. The zero-order valence-electron chi connectivity index (χ0n) is 9.82. The second-order valence-electron chi connectivity index (χ2n) is 3.20. The molecule has 0 amide bonds. The normalized spacial score (nSPS) is 9.44. The zero-order valence-corrected chi connectivity index (χ0v) is 9.82. The third-order valence-corrected chi connectivity index (χ3v) is 2.09. The van der Waals surface area contributed by atoms with Crippen LogP contribution in [-0.4, -0.2) is 25.5 Å². The van der Waals surface area contributed by atoms with E-state index in [4.69, 9.17) is 5.26 Å². The van der Waals surface area contributed by atoms with E-state index in [1.165, 1.54) is 7.11 Å². The number of esters is 1. The Morgan fingerprint density at radius 2 is 2.11 bits per heavy atom. The third-order valence-electron chi connectivity index (χ3n) is 2.09. The lowest BCUT2D eigenvalue weighted by atomic mass is 10.1. The molecule has 0 fully saturated rings. The molecule has 5 nitrogen and oxygen atoms in total. The summed E-state index contributed by atoms with van der Waals surface area (Å²) in [4.78, 5) is 22.8. The first kappa shape index (κ1) is 13.6. The summed E-state index contributed by atoms with van der Waals surface area (Å²) in [6, 6.07) is 3.60. The molecule has 0 N–H and O–H groups in total. The van der Waals surface area contributed by atoms with Crippen LogP contribution in [0.4, 0.5) is 4.39 Å². The quantitative estimate of drug-likeness (QED) is 0.460. The minimum atomic E-state index is -1.09. The molecule has 0 saturated heterocycles. The molecular formula is C12H10FNO4. The van der Waals surface area contributed by atoms with Gasteiger partial charge in [-0.05, 0) is 19.1 Å². The van der Waals surface area contributed by atoms with Crippen LogP contribution in [0.25, 0.3) is 0 Å². The van der Waals surface area contributed by atoms with Crippen molar-refractivity contribution in [2.45, 2.75) is 6.92 Å². The molecule has 0 atom stereocenters. The van der Waals surface area contributed by atoms with Crippen molar-refractivity contribution >= 4 is 11.8 Å². The number of nitriles is 1. The molecule has 0 spiro atoms. The summed E-state index contributed by atoms with van der Waals surface area (Å²) in [5, 5.41) is 8.80. The summed E-state index contributed by atoms with van der Waals surface area (Å²) in [6.45, 7) is 1.58. The smallest absolute Gasteiger partial charge is 0.379 e. The molecule has 0 aliphatic carbocycles. The van der Waals surface area contributed by atoms with E-state index in [9.17, 15) is 14.0 Å². The van der Waals surface area contributed by atoms with Crippen LogP contribution in [0.5, 0.6) is 5.75 Å². The molecule has 0 aliphatic rings. The predicted molar refractivity (Wildman–Crippen MR) is 58.6 cm³/mol. The number of hydrogen-bond donors (Lipinski definition) is 0. The van der Waals surface area contributed by atoms with Gasteiger partial charge in [0, 0.05) is 5.56 Å². The summed E-state index contributed by atoms with van der Waals surface area (Å²) in [5.41, 5.74) is -0.409. The van der Waals surface area contributed by atoms with Gasteiger partial charge >= 0.3 is 5.97 Å². The Morgan fingerprint density at radius 1 is 1.44 bits per heavy atom. The second-order valence-corrected chi connectivity index (χ2v) is 3.20. The summed E-state index contributed by atoms with van der Waals surface area (Å²) in [7, 11) is 1.20. The van der Waals surface area contributed by atoms with Gasteiger partial charge in [-0.25, -0.2) is 9.18 Å². The van der Waals surface area contributed by atoms with Crippen LogP contribution in [0, 0.1) is 17.1 Å². The first-order chi connectivity index (χ1) is 8.54. The lowest BCUT2D eigenvalue weighted by Crippen LogP contribution is -2.18. The van der Waals surface area contributed by atoms with Crippen molar-refractivity contribution in [3.63, 3.8) is 0 Å². The number of carbonyl (C=O) groups is 2. The monoisotopic (exact) mass is 251 g/mol. The number of halogens is 1. The van der Waals surface area contributed by atoms with Crippen LogP contribution in [-0.2, 0) is 9.53 Å². The molecule has 1 aromatic carbocycles. The Hall–Kier alpha value is -2.42. The van der Waals surface area contributed by atoms with Crippen molar-refractivity contribution in [1.29, 1.82) is 5.26 Å². The number of carbonyl (C=O) groups excluding carboxylic acids is 2. The lowest BCUT2D eigenvalue weighted by molar-refractivity contribution is -0.137. The van der Waals surface area contributed by atoms with E-state index >= 15 is 0 Å². The standard InChI is InChI=1S/C12H10FNO4/c1-3-18-12(16)10(15)7-4-8(6-14)11(17-2)9(13)5-7/h4-5H,3H2,1-2H3. The fraction of sp³-hybridized carbons (Fsp3) is 0.250. The Balaban J connectivity index is 3.21. The van der Waals surface area contributed by atoms with Gasteiger partial charge in [0.25, 0.3) is 5.78 Å². The molecule has 94 valence electrons. The van der Waals surface area contributed by atoms with Crippen LogP contribution < -0.4 is 4.74 Å². The zero-order chi connectivity index (χ0) is 13.7. The van der Waals surface area contributed by atoms with Gasteiger partial charge in [0.05, 0.1) is 19.3 Å². The van der Waals surface area contributed by atoms with Crippen LogP contribution in [0.3, 0.4) is 0 Å². The second kappa shape index (κ2) is 5.77. The number of rotatable bonds is 4. The highest BCUT2D eigenvalue weighted by Crippen LogP contribution is 2.24. The summed E-state index contributed by atoms with van der Waals surface area (Å²) in [5.74, 6) is -3.25. The van der Waals surface area contributed by atoms with Crippen molar-refractivity contribution in [2.75, 3.05) is 13.7 Å². The molecule has 6 heteroatoms. The molecule has 0 radical (unpaired) electrons. The Morgan fingerprint density at radius 3 is 2.61 bits per heavy atom. The Bertz CT molecular complexity index is 534. The molecule has 18 heavy (non-hydrogen) atoms. The highest BCUT2D eigenvalue weighted by Gasteiger charge is 2.21. The first-order valence-corrected chi connectivity index (χ1v) is 5.04. The maximum absolute atomic E-state index is 13.5. The van der Waals surface area contributed by atoms with Gasteiger partial charge in [0.1, 0.15) is 6.07 Å². The van der Waals surface area contributed by atoms with E-state index in [-0.39, 0.29) is 23.5 Å². The van der Waals surface area contributed by atoms with E-state index < -0.39 is 17.6 Å². The molecule has 0 unspecified atom stereocenters. The minimum Gasteiger partial charge on any atom is -0.492 e. The number of nitrogens with zero attached hydrogens (tertiary/aromatic N) is 1. The van der Waals surface area contributed by atoms with E-state index in [0.717, 1.165) is 12.1 Å². The molecule has 1 rings (SSSR count). The van der Waals surface area contributed by atoms with Gasteiger partial charge in [-0.3, -0.25) is 4.79 Å². The molecule has 0 aliphatic heterocycles. The number of Topliss-reactive ketones (excluding diaryl/α,β-unsaturated/α-hetero) is 1. The first-order valence-electron chi connectivity index (χ1n) is 5.04. The molecule has 0 bridgehead atoms. The van der Waals surface area contributed by atoms with Gasteiger partial charge < -0.3 is 9.47 Å². The molecule has 0 saturated carbocycles. The fourth-order valence-electron chi connectivity index (χ4n) is 1.33. The Labute approximate surface area is 103 Å². The van der Waals surface area contributed by atoms with Crippen molar-refractivity contribution < 1.29 is 23.5 Å². The number of ether oxygens (including phenoxy) is 2. The SMILES string of the molecule is CCOC(=O)C(=O)c1cc(F)c(OC)c(C#N)c1. The van der Waals surface area contributed by atoms with Crippen molar-refractivity contribution in [1.82, 2.24) is 0 Å². The van der Waals surface area contributed by atoms with Gasteiger partial charge in [0.15, 0.2) is 11.6 Å². The Kier molecular flexibility index (Phi) is 4.38. The maximum atomic E-state index is 13.5. The van der Waals surface area contributed by atoms with E-state index in [2.05, 4.69) is 9.47 Å². The lowest BCUT2D eigenvalue weighted by Gasteiger charge is -2.06. The van der Waals surface area contributed by atoms with Crippen molar-refractivity contribution in [3.8, 4) is 11.8 Å². The van der Waals surface area contributed by atoms with Gasteiger partial charge in [-0.2, -0.15) is 5.26 Å². The highest BCUT2D eigenvalue weighted by molar-refractivity contribution is 6.40. The van der Waals surface area contributed by atoms with E-state index in [1.54, 1.807) is 13.0 Å². The third kappa shape index (κ3) is 2.63. The molecule has 0 heterocycles. The average Bonchev–Trinajstić information content (AvgIpc) is 2.36. The summed E-state index contributed by atoms with van der Waals surface area (Å²) in [6.07, 6.45) is 0. The maximum Gasteiger partial charge on any atom is 0.379 e. The van der Waals surface area contributed by atoms with E-state index in [1.807, 2.05) is 0 Å². The van der Waals surface area contributed by atoms with Crippen molar-refractivity contribution in [2.24, 2.45) is 0 Å². The van der Waals surface area contributed by atoms with Crippen LogP contribution in [0.15, 0.2) is 12.1 Å². The predicted octanol–water partition coefficient (Wildman–Crippen LogP) is 1.45. The summed E-state index contributed by atoms with van der Waals surface area (Å²) >= 11 is 0. The topological polar surface area (TPSA) is 76.4 Å². The van der Waals surface area contributed by atoms with Crippen LogP contribution >= 0.6 is 0 Å². The van der Waals surface area contributed by atoms with Crippen molar-refractivity contribution in [3.05, 3.63) is 29.1 Å². The number of ketones is 1. The van der Waals surface area contributed by atoms with Crippen LogP contribution in [0.1, 0.15) is 22.8 Å². The largest absolute Gasteiger partial charge is 0.492 e. The number of benzene rings is 1. The fourth-order valence-corrected chi connectivity index (χ4v) is 1.33. The van der Waals surface area contributed by atoms with Crippen LogP contribution in [0.2, 0.25) is 0 Å². The number of methoxy groups -OCH3 is 1. The average molecular weight is 251 g/mol. The molecular weight excluding hydrogens is 241 g/mol. The van der Waals surface area contributed by atoms with Gasteiger partial charge in [-0.15, -0.1) is 0 Å². The summed E-state index contributed by atoms with van der Waals surface area (Å²) < 4.78 is 22.7. The minimum absolute atomic E-state index is 0.0360. The van der Waals surface area contributed by atoms with Gasteiger partial charge in [0.2, 0.25) is 0 Å². The molecule has 1 aromatic rings. The molecule has 0 aromatic heterocycles. The highest BCUT2D eigenvalue weighted by atomic mass is 19.1.